The Hall–Kier alpha value is -1.91. The lowest BCUT2D eigenvalue weighted by atomic mass is 9.43. The van der Waals surface area contributed by atoms with Crippen molar-refractivity contribution in [1.29, 1.82) is 0 Å². The molecule has 1 aromatic carbocycles. The third kappa shape index (κ3) is 4.90. The molecule has 1 saturated heterocycles. The van der Waals surface area contributed by atoms with E-state index in [2.05, 4.69) is 26.1 Å². The lowest BCUT2D eigenvalue weighted by Gasteiger charge is -2.64. The molecule has 10 heteroatoms. The third-order valence-electron chi connectivity index (χ3n) is 8.19. The van der Waals surface area contributed by atoms with E-state index in [0.29, 0.717) is 18.3 Å². The van der Waals surface area contributed by atoms with Gasteiger partial charge in [-0.3, -0.25) is 4.79 Å². The zero-order valence-electron chi connectivity index (χ0n) is 20.2. The number of carboxylic acid groups (broad SMARTS) is 1. The third-order valence-corrected chi connectivity index (χ3v) is 9.22. The number of rotatable bonds is 9. The number of sulfone groups is 1. The van der Waals surface area contributed by atoms with Crippen molar-refractivity contribution in [3.63, 3.8) is 0 Å². The standard InChI is InChI=1S/C24H34BNO7S/c1-23(2)17-13-18(23)24(3)19(14-17)32-25(33-24)20(26-21(27)9-6-10-34(4,30)31)12-15-7-5-8-16(11-15)22(28)29/h5,7-8,11,17-20H,6,9-10,12-14H2,1-4H3,(H,26,27)(H,28,29). The highest BCUT2D eigenvalue weighted by molar-refractivity contribution is 7.90. The summed E-state index contributed by atoms with van der Waals surface area (Å²) in [6.07, 6.45) is 3.77. The molecule has 3 saturated carbocycles. The molecule has 2 N–H and O–H groups in total. The molecule has 0 radical (unpaired) electrons. The average molecular weight is 491 g/mol. The van der Waals surface area contributed by atoms with Crippen LogP contribution in [0.3, 0.4) is 0 Å². The summed E-state index contributed by atoms with van der Waals surface area (Å²) in [5.74, 6) is -0.917. The van der Waals surface area contributed by atoms with E-state index < -0.39 is 34.5 Å². The topological polar surface area (TPSA) is 119 Å². The van der Waals surface area contributed by atoms with Gasteiger partial charge in [0.25, 0.3) is 0 Å². The molecule has 8 nitrogen and oxygen atoms in total. The Morgan fingerprint density at radius 1 is 1.26 bits per heavy atom. The normalized spacial score (nSPS) is 30.2. The van der Waals surface area contributed by atoms with Gasteiger partial charge < -0.3 is 19.7 Å². The second-order valence-electron chi connectivity index (χ2n) is 11.0. The fraction of sp³-hybridized carbons (Fsp3) is 0.667. The highest BCUT2D eigenvalue weighted by Gasteiger charge is 2.68. The van der Waals surface area contributed by atoms with Crippen LogP contribution in [0, 0.1) is 17.3 Å². The molecule has 1 heterocycles. The van der Waals surface area contributed by atoms with Gasteiger partial charge in [0.05, 0.1) is 29.0 Å². The molecule has 4 fully saturated rings. The van der Waals surface area contributed by atoms with Gasteiger partial charge in [0.1, 0.15) is 9.84 Å². The van der Waals surface area contributed by atoms with Crippen LogP contribution >= 0.6 is 0 Å². The summed E-state index contributed by atoms with van der Waals surface area (Å²) in [5.41, 5.74) is 0.666. The van der Waals surface area contributed by atoms with E-state index in [1.54, 1.807) is 12.1 Å². The van der Waals surface area contributed by atoms with E-state index in [-0.39, 0.29) is 41.6 Å². The molecule has 1 amide bonds. The zero-order chi connectivity index (χ0) is 24.9. The maximum absolute atomic E-state index is 12.7. The van der Waals surface area contributed by atoms with Crippen LogP contribution in [0.2, 0.25) is 0 Å². The van der Waals surface area contributed by atoms with Crippen LogP contribution < -0.4 is 5.32 Å². The minimum absolute atomic E-state index is 0.0516. The summed E-state index contributed by atoms with van der Waals surface area (Å²) in [6, 6.07) is 6.62. The van der Waals surface area contributed by atoms with E-state index >= 15 is 0 Å². The summed E-state index contributed by atoms with van der Waals surface area (Å²) in [7, 11) is -3.81. The number of carboxylic acids is 1. The first-order chi connectivity index (χ1) is 15.8. The van der Waals surface area contributed by atoms with Crippen molar-refractivity contribution >= 4 is 28.8 Å². The van der Waals surface area contributed by atoms with Gasteiger partial charge in [-0.1, -0.05) is 26.0 Å². The molecule has 2 bridgehead atoms. The van der Waals surface area contributed by atoms with Crippen LogP contribution in [0.25, 0.3) is 0 Å². The Labute approximate surface area is 201 Å². The van der Waals surface area contributed by atoms with E-state index in [0.717, 1.165) is 24.7 Å². The van der Waals surface area contributed by atoms with Gasteiger partial charge in [0, 0.05) is 12.7 Å². The fourth-order valence-corrected chi connectivity index (χ4v) is 6.81. The second-order valence-corrected chi connectivity index (χ2v) is 13.2. The molecule has 0 spiro atoms. The molecular formula is C24H34BNO7S. The van der Waals surface area contributed by atoms with Crippen molar-refractivity contribution in [2.75, 3.05) is 12.0 Å². The van der Waals surface area contributed by atoms with Crippen molar-refractivity contribution in [2.45, 2.75) is 70.5 Å². The van der Waals surface area contributed by atoms with Crippen LogP contribution in [0.5, 0.6) is 0 Å². The van der Waals surface area contributed by atoms with Crippen LogP contribution in [0.4, 0.5) is 0 Å². The molecule has 3 aliphatic carbocycles. The minimum Gasteiger partial charge on any atom is -0.478 e. The Kier molecular flexibility index (Phi) is 6.63. The van der Waals surface area contributed by atoms with Gasteiger partial charge in [-0.05, 0) is 67.6 Å². The van der Waals surface area contributed by atoms with Gasteiger partial charge in [-0.2, -0.15) is 0 Å². The summed E-state index contributed by atoms with van der Waals surface area (Å²) >= 11 is 0. The Morgan fingerprint density at radius 3 is 2.65 bits per heavy atom. The maximum Gasteiger partial charge on any atom is 0.482 e. The van der Waals surface area contributed by atoms with Gasteiger partial charge >= 0.3 is 13.1 Å². The largest absolute Gasteiger partial charge is 0.482 e. The average Bonchev–Trinajstić information content (AvgIpc) is 3.09. The predicted molar refractivity (Wildman–Crippen MR) is 128 cm³/mol. The zero-order valence-corrected chi connectivity index (χ0v) is 21.1. The monoisotopic (exact) mass is 491 g/mol. The first-order valence-electron chi connectivity index (χ1n) is 11.9. The van der Waals surface area contributed by atoms with Crippen LogP contribution in [0.15, 0.2) is 24.3 Å². The summed E-state index contributed by atoms with van der Waals surface area (Å²) < 4.78 is 35.8. The molecule has 5 unspecified atom stereocenters. The van der Waals surface area contributed by atoms with Crippen LogP contribution in [-0.4, -0.2) is 62.2 Å². The number of hydrogen-bond acceptors (Lipinski definition) is 6. The number of hydrogen-bond donors (Lipinski definition) is 2. The first kappa shape index (κ1) is 25.2. The molecule has 4 aliphatic rings. The number of amides is 1. The highest BCUT2D eigenvalue weighted by Crippen LogP contribution is 2.65. The van der Waals surface area contributed by atoms with Crippen LogP contribution in [0.1, 0.15) is 62.4 Å². The SMILES string of the molecule is CC1(C)C2CC3OB(C(Cc4cccc(C(=O)O)c4)NC(=O)CCCS(C)(=O)=O)OC3(C)C1C2. The molecule has 5 atom stereocenters. The van der Waals surface area contributed by atoms with Gasteiger partial charge in [0.2, 0.25) is 5.91 Å². The summed E-state index contributed by atoms with van der Waals surface area (Å²) in [6.45, 7) is 6.67. The van der Waals surface area contributed by atoms with E-state index in [1.807, 2.05) is 6.07 Å². The van der Waals surface area contributed by atoms with Crippen molar-refractivity contribution < 1.29 is 32.4 Å². The minimum atomic E-state index is -3.15. The molecular weight excluding hydrogens is 457 g/mol. The molecule has 1 aromatic rings. The predicted octanol–water partition coefficient (Wildman–Crippen LogP) is 2.50. The second kappa shape index (κ2) is 8.95. The maximum atomic E-state index is 12.7. The van der Waals surface area contributed by atoms with Gasteiger partial charge in [-0.15, -0.1) is 0 Å². The Bertz CT molecular complexity index is 1070. The highest BCUT2D eigenvalue weighted by atomic mass is 32.2. The van der Waals surface area contributed by atoms with Crippen molar-refractivity contribution in [2.24, 2.45) is 17.3 Å². The molecule has 0 aromatic heterocycles. The lowest BCUT2D eigenvalue weighted by molar-refractivity contribution is -0.199. The van der Waals surface area contributed by atoms with E-state index in [1.165, 1.54) is 6.07 Å². The van der Waals surface area contributed by atoms with E-state index in [9.17, 15) is 23.1 Å². The van der Waals surface area contributed by atoms with Gasteiger partial charge in [-0.25, -0.2) is 13.2 Å². The quantitative estimate of drug-likeness (QED) is 0.510. The van der Waals surface area contributed by atoms with Crippen molar-refractivity contribution in [1.82, 2.24) is 5.32 Å². The number of carbonyl (C=O) groups is 2. The summed E-state index contributed by atoms with van der Waals surface area (Å²) in [5, 5.41) is 12.3. The number of nitrogens with one attached hydrogen (secondary N) is 1. The number of carbonyl (C=O) groups excluding carboxylic acids is 1. The molecule has 34 heavy (non-hydrogen) atoms. The number of benzene rings is 1. The fourth-order valence-electron chi connectivity index (χ4n) is 6.15. The summed E-state index contributed by atoms with van der Waals surface area (Å²) in [4.78, 5) is 24.1. The molecule has 1 aliphatic heterocycles. The van der Waals surface area contributed by atoms with E-state index in [4.69, 9.17) is 9.31 Å². The number of aromatic carboxylic acids is 1. The molecule has 5 rings (SSSR count). The van der Waals surface area contributed by atoms with Crippen molar-refractivity contribution in [3.8, 4) is 0 Å². The first-order valence-corrected chi connectivity index (χ1v) is 14.0. The molecule has 186 valence electrons. The van der Waals surface area contributed by atoms with Crippen LogP contribution in [-0.2, 0) is 30.4 Å². The Morgan fingerprint density at radius 2 is 2.00 bits per heavy atom. The van der Waals surface area contributed by atoms with Crippen molar-refractivity contribution in [3.05, 3.63) is 35.4 Å². The van der Waals surface area contributed by atoms with Gasteiger partial charge in [0.15, 0.2) is 0 Å². The Balaban J connectivity index is 1.51. The smallest absolute Gasteiger partial charge is 0.478 e. The lowest BCUT2D eigenvalue weighted by Crippen LogP contribution is -2.65.